The molecule has 0 fully saturated rings. The molecule has 3 heteroatoms. The summed E-state index contributed by atoms with van der Waals surface area (Å²) < 4.78 is 1.14. The summed E-state index contributed by atoms with van der Waals surface area (Å²) in [6.07, 6.45) is 0. The highest BCUT2D eigenvalue weighted by molar-refractivity contribution is 9.10. The van der Waals surface area contributed by atoms with E-state index >= 15 is 0 Å². The highest BCUT2D eigenvalue weighted by Gasteiger charge is 2.11. The van der Waals surface area contributed by atoms with Crippen molar-refractivity contribution in [2.24, 2.45) is 0 Å². The molecule has 1 nitrogen and oxygen atoms in total. The van der Waals surface area contributed by atoms with Gasteiger partial charge in [0.15, 0.2) is 0 Å². The van der Waals surface area contributed by atoms with Crippen LogP contribution in [0.2, 0.25) is 0 Å². The van der Waals surface area contributed by atoms with Crippen molar-refractivity contribution in [3.8, 4) is 0 Å². The monoisotopic (exact) mass is 363 g/mol. The summed E-state index contributed by atoms with van der Waals surface area (Å²) in [5.74, 6) is 1.01. The largest absolute Gasteiger partial charge is 0.310 e. The lowest BCUT2D eigenvalue weighted by molar-refractivity contribution is 0.589. The first-order valence-corrected chi connectivity index (χ1v) is 9.09. The minimum Gasteiger partial charge on any atom is -0.310 e. The van der Waals surface area contributed by atoms with Gasteiger partial charge in [0.25, 0.3) is 0 Å². The smallest absolute Gasteiger partial charge is 0.0302 e. The second-order valence-corrected chi connectivity index (χ2v) is 7.11. The second kappa shape index (κ2) is 8.02. The summed E-state index contributed by atoms with van der Waals surface area (Å²) in [6.45, 7) is 7.54. The van der Waals surface area contributed by atoms with Crippen molar-refractivity contribution in [2.45, 2.75) is 37.5 Å². The molecule has 1 atom stereocenters. The Balaban J connectivity index is 2.18. The molecule has 0 radical (unpaired) electrons. The first-order chi connectivity index (χ1) is 10.1. The SMILES string of the molecule is CCNC(C)c1ccc(Br)cc1SCc1ccccc1C. The predicted molar refractivity (Wildman–Crippen MR) is 97.0 cm³/mol. The molecule has 2 aromatic carbocycles. The van der Waals surface area contributed by atoms with Gasteiger partial charge in [-0.2, -0.15) is 0 Å². The fourth-order valence-electron chi connectivity index (χ4n) is 2.33. The molecule has 1 unspecified atom stereocenters. The third kappa shape index (κ3) is 4.60. The maximum absolute atomic E-state index is 3.59. The van der Waals surface area contributed by atoms with E-state index in [9.17, 15) is 0 Å². The zero-order valence-electron chi connectivity index (χ0n) is 12.8. The third-order valence-electron chi connectivity index (χ3n) is 3.60. The van der Waals surface area contributed by atoms with Crippen LogP contribution in [-0.4, -0.2) is 6.54 Å². The molecule has 0 aliphatic rings. The second-order valence-electron chi connectivity index (χ2n) is 5.18. The zero-order chi connectivity index (χ0) is 15.2. The number of thioether (sulfide) groups is 1. The van der Waals surface area contributed by atoms with Crippen molar-refractivity contribution in [1.82, 2.24) is 5.32 Å². The Morgan fingerprint density at radius 1 is 1.19 bits per heavy atom. The van der Waals surface area contributed by atoms with Crippen LogP contribution in [0.1, 0.15) is 36.6 Å². The van der Waals surface area contributed by atoms with Crippen LogP contribution < -0.4 is 5.32 Å². The van der Waals surface area contributed by atoms with Crippen LogP contribution in [0, 0.1) is 6.92 Å². The van der Waals surface area contributed by atoms with Crippen LogP contribution in [0.4, 0.5) is 0 Å². The number of benzene rings is 2. The normalized spacial score (nSPS) is 12.4. The van der Waals surface area contributed by atoms with Gasteiger partial charge in [-0.05, 0) is 49.2 Å². The first-order valence-electron chi connectivity index (χ1n) is 7.32. The van der Waals surface area contributed by atoms with Gasteiger partial charge in [0, 0.05) is 21.2 Å². The fraction of sp³-hybridized carbons (Fsp3) is 0.333. The number of aryl methyl sites for hydroxylation is 1. The lowest BCUT2D eigenvalue weighted by Gasteiger charge is -2.17. The quantitative estimate of drug-likeness (QED) is 0.658. The topological polar surface area (TPSA) is 12.0 Å². The molecule has 0 aliphatic carbocycles. The van der Waals surface area contributed by atoms with Gasteiger partial charge in [0.2, 0.25) is 0 Å². The van der Waals surface area contributed by atoms with Crippen LogP contribution in [0.25, 0.3) is 0 Å². The molecule has 21 heavy (non-hydrogen) atoms. The number of hydrogen-bond acceptors (Lipinski definition) is 2. The molecule has 0 spiro atoms. The summed E-state index contributed by atoms with van der Waals surface area (Å²) in [4.78, 5) is 1.35. The number of rotatable bonds is 6. The van der Waals surface area contributed by atoms with Gasteiger partial charge in [0.1, 0.15) is 0 Å². The van der Waals surface area contributed by atoms with Crippen molar-refractivity contribution < 1.29 is 0 Å². The van der Waals surface area contributed by atoms with E-state index in [-0.39, 0.29) is 0 Å². The highest BCUT2D eigenvalue weighted by atomic mass is 79.9. The van der Waals surface area contributed by atoms with Crippen LogP contribution in [0.3, 0.4) is 0 Å². The zero-order valence-corrected chi connectivity index (χ0v) is 15.2. The molecular weight excluding hydrogens is 342 g/mol. The van der Waals surface area contributed by atoms with Crippen LogP contribution >= 0.6 is 27.7 Å². The van der Waals surface area contributed by atoms with Crippen molar-refractivity contribution in [3.63, 3.8) is 0 Å². The molecule has 0 saturated heterocycles. The van der Waals surface area contributed by atoms with E-state index in [1.54, 1.807) is 0 Å². The number of halogens is 1. The summed E-state index contributed by atoms with van der Waals surface area (Å²) in [6, 6.07) is 15.6. The summed E-state index contributed by atoms with van der Waals surface area (Å²) in [5.41, 5.74) is 4.14. The van der Waals surface area contributed by atoms with Gasteiger partial charge in [-0.25, -0.2) is 0 Å². The van der Waals surface area contributed by atoms with Crippen LogP contribution in [-0.2, 0) is 5.75 Å². The lowest BCUT2D eigenvalue weighted by atomic mass is 10.1. The summed E-state index contributed by atoms with van der Waals surface area (Å²) in [7, 11) is 0. The molecule has 2 aromatic rings. The fourth-order valence-corrected chi connectivity index (χ4v) is 4.10. The standard InChI is InChI=1S/C18H22BrNS/c1-4-20-14(3)17-10-9-16(19)11-18(17)21-12-15-8-6-5-7-13(15)2/h5-11,14,20H,4,12H2,1-3H3. The lowest BCUT2D eigenvalue weighted by Crippen LogP contribution is -2.18. The molecule has 0 saturated carbocycles. The number of nitrogens with one attached hydrogen (secondary N) is 1. The molecule has 0 heterocycles. The Bertz CT molecular complexity index is 598. The maximum atomic E-state index is 3.59. The van der Waals surface area contributed by atoms with E-state index in [2.05, 4.69) is 84.5 Å². The average molecular weight is 364 g/mol. The van der Waals surface area contributed by atoms with Gasteiger partial charge in [0.05, 0.1) is 0 Å². The van der Waals surface area contributed by atoms with Crippen LogP contribution in [0.15, 0.2) is 51.8 Å². The molecule has 0 aromatic heterocycles. The Hall–Kier alpha value is -0.770. The van der Waals surface area contributed by atoms with E-state index in [1.807, 2.05) is 11.8 Å². The molecule has 1 N–H and O–H groups in total. The summed E-state index contributed by atoms with van der Waals surface area (Å²) in [5, 5.41) is 3.50. The highest BCUT2D eigenvalue weighted by Crippen LogP contribution is 2.33. The first kappa shape index (κ1) is 16.6. The third-order valence-corrected chi connectivity index (χ3v) is 5.21. The van der Waals surface area contributed by atoms with E-state index in [0.29, 0.717) is 6.04 Å². The van der Waals surface area contributed by atoms with Gasteiger partial charge < -0.3 is 5.32 Å². The minimum absolute atomic E-state index is 0.377. The maximum Gasteiger partial charge on any atom is 0.0302 e. The summed E-state index contributed by atoms with van der Waals surface area (Å²) >= 11 is 5.50. The van der Waals surface area contributed by atoms with Crippen LogP contribution in [0.5, 0.6) is 0 Å². The Labute approximate surface area is 140 Å². The predicted octanol–water partition coefficient (Wildman–Crippen LogP) is 5.72. The number of hydrogen-bond donors (Lipinski definition) is 1. The molecule has 112 valence electrons. The minimum atomic E-state index is 0.377. The Morgan fingerprint density at radius 3 is 2.67 bits per heavy atom. The van der Waals surface area contributed by atoms with Gasteiger partial charge in [-0.3, -0.25) is 0 Å². The van der Waals surface area contributed by atoms with Gasteiger partial charge in [-0.15, -0.1) is 11.8 Å². The van der Waals surface area contributed by atoms with Crippen molar-refractivity contribution in [2.75, 3.05) is 6.54 Å². The van der Waals surface area contributed by atoms with Crippen molar-refractivity contribution >= 4 is 27.7 Å². The molecular formula is C18H22BrNS. The van der Waals surface area contributed by atoms with E-state index in [1.165, 1.54) is 21.6 Å². The van der Waals surface area contributed by atoms with Gasteiger partial charge in [-0.1, -0.05) is 53.2 Å². The van der Waals surface area contributed by atoms with Crippen molar-refractivity contribution in [3.05, 3.63) is 63.6 Å². The van der Waals surface area contributed by atoms with Gasteiger partial charge >= 0.3 is 0 Å². The Kier molecular flexibility index (Phi) is 6.34. The molecule has 0 amide bonds. The van der Waals surface area contributed by atoms with E-state index in [0.717, 1.165) is 16.8 Å². The van der Waals surface area contributed by atoms with Crippen molar-refractivity contribution in [1.29, 1.82) is 0 Å². The Morgan fingerprint density at radius 2 is 1.95 bits per heavy atom. The molecule has 0 aliphatic heterocycles. The molecule has 0 bridgehead atoms. The van der Waals surface area contributed by atoms with E-state index < -0.39 is 0 Å². The molecule has 2 rings (SSSR count). The van der Waals surface area contributed by atoms with E-state index in [4.69, 9.17) is 0 Å². The average Bonchev–Trinajstić information content (AvgIpc) is 2.46.